The molecule has 20 N–H and O–H groups in total. The van der Waals surface area contributed by atoms with Crippen LogP contribution in [0.5, 0.6) is 0 Å². The topological polar surface area (TPSA) is 315 Å². The molecule has 11 heavy (non-hydrogen) atoms. The van der Waals surface area contributed by atoms with E-state index in [4.69, 9.17) is 0 Å². The minimum atomic E-state index is 0. The van der Waals surface area contributed by atoms with Crippen LogP contribution in [-0.2, 0) is 0 Å². The van der Waals surface area contributed by atoms with Crippen molar-refractivity contribution in [2.75, 3.05) is 0 Å². The van der Waals surface area contributed by atoms with Crippen LogP contribution in [0.1, 0.15) is 0 Å². The molecule has 0 aromatic rings. The van der Waals surface area contributed by atoms with Gasteiger partial charge in [0.2, 0.25) is 0 Å². The Hall–Kier alpha value is 1.24. The normalized spacial score (nSPS) is 0. The number of rotatable bonds is 0. The van der Waals surface area contributed by atoms with Gasteiger partial charge in [0.25, 0.3) is 0 Å². The molecular weight excluding hydrogens is 199 g/mol. The van der Waals surface area contributed by atoms with Gasteiger partial charge in [-0.3, -0.25) is 0 Å². The second kappa shape index (κ2) is 770. The Labute approximate surface area is 105 Å². The molecule has 0 aromatic carbocycles. The Bertz CT molecular complexity index is 4.83. The number of hydrogen-bond donors (Lipinski definition) is 0. The smallest absolute Gasteiger partial charge is 0.412 e. The molecule has 10 nitrogen and oxygen atoms in total. The van der Waals surface area contributed by atoms with Gasteiger partial charge in [-0.05, 0) is 0 Å². The van der Waals surface area contributed by atoms with Crippen molar-refractivity contribution < 1.29 is 106 Å². The van der Waals surface area contributed by atoms with E-state index in [9.17, 15) is 0 Å². The molecular formula is H20KO10+. The molecule has 0 heterocycles. The molecule has 80 valence electrons. The van der Waals surface area contributed by atoms with Crippen molar-refractivity contribution >= 4 is 0 Å². The van der Waals surface area contributed by atoms with E-state index in [1.807, 2.05) is 0 Å². The molecule has 0 spiro atoms. The second-order valence-electron chi connectivity index (χ2n) is 0. The van der Waals surface area contributed by atoms with Gasteiger partial charge in [0, 0.05) is 0 Å². The van der Waals surface area contributed by atoms with E-state index in [-0.39, 0.29) is 106 Å². The van der Waals surface area contributed by atoms with Crippen molar-refractivity contribution in [3.05, 3.63) is 0 Å². The van der Waals surface area contributed by atoms with Crippen LogP contribution in [0.15, 0.2) is 0 Å². The second-order valence-corrected chi connectivity index (χ2v) is 0. The molecule has 0 saturated heterocycles. The summed E-state index contributed by atoms with van der Waals surface area (Å²) in [6.07, 6.45) is 0. The van der Waals surface area contributed by atoms with Crippen LogP contribution in [0.4, 0.5) is 0 Å². The minimum absolute atomic E-state index is 0. The van der Waals surface area contributed by atoms with Crippen LogP contribution >= 0.6 is 0 Å². The summed E-state index contributed by atoms with van der Waals surface area (Å²) < 4.78 is 0. The van der Waals surface area contributed by atoms with Crippen LogP contribution < -0.4 is 51.4 Å². The molecule has 0 saturated carbocycles. The molecule has 0 aliphatic carbocycles. The summed E-state index contributed by atoms with van der Waals surface area (Å²) >= 11 is 0. The van der Waals surface area contributed by atoms with Crippen molar-refractivity contribution in [1.82, 2.24) is 0 Å². The van der Waals surface area contributed by atoms with Gasteiger partial charge in [-0.25, -0.2) is 0 Å². The molecule has 0 amide bonds. The molecule has 0 aliphatic rings. The zero-order chi connectivity index (χ0) is 0. The van der Waals surface area contributed by atoms with E-state index in [1.54, 1.807) is 0 Å². The van der Waals surface area contributed by atoms with Crippen LogP contribution in [0.25, 0.3) is 0 Å². The van der Waals surface area contributed by atoms with E-state index < -0.39 is 0 Å². The predicted molar refractivity (Wildman–Crippen MR) is 36.1 cm³/mol. The largest absolute Gasteiger partial charge is 1.00 e. The minimum Gasteiger partial charge on any atom is -0.412 e. The maximum absolute atomic E-state index is 0. The number of hydrogen-bond acceptors (Lipinski definition) is 0. The fraction of sp³-hybridized carbons (Fsp3) is 0. The summed E-state index contributed by atoms with van der Waals surface area (Å²) in [5.74, 6) is 0. The van der Waals surface area contributed by atoms with Gasteiger partial charge < -0.3 is 54.8 Å². The molecule has 0 rings (SSSR count). The van der Waals surface area contributed by atoms with Crippen LogP contribution in [-0.4, -0.2) is 54.8 Å². The maximum atomic E-state index is 0. The Balaban J connectivity index is 0. The van der Waals surface area contributed by atoms with Gasteiger partial charge in [0.15, 0.2) is 0 Å². The molecule has 0 atom stereocenters. The van der Waals surface area contributed by atoms with Gasteiger partial charge >= 0.3 is 51.4 Å². The Kier molecular flexibility index (Phi) is 70800. The van der Waals surface area contributed by atoms with Gasteiger partial charge in [-0.15, -0.1) is 0 Å². The molecule has 0 aliphatic heterocycles. The molecule has 0 fully saturated rings. The predicted octanol–water partition coefficient (Wildman–Crippen LogP) is -11.2. The molecule has 0 unspecified atom stereocenters. The van der Waals surface area contributed by atoms with Gasteiger partial charge in [0.1, 0.15) is 0 Å². The van der Waals surface area contributed by atoms with Crippen molar-refractivity contribution in [1.29, 1.82) is 0 Å². The first kappa shape index (κ1) is 1010. The first-order chi connectivity index (χ1) is 0. The first-order valence-corrected chi connectivity index (χ1v) is 0. The third-order valence-corrected chi connectivity index (χ3v) is 0. The van der Waals surface area contributed by atoms with E-state index >= 15 is 0 Å². The van der Waals surface area contributed by atoms with Crippen LogP contribution in [0.3, 0.4) is 0 Å². The fourth-order valence-corrected chi connectivity index (χ4v) is 0. The molecule has 0 bridgehead atoms. The van der Waals surface area contributed by atoms with Crippen molar-refractivity contribution in [3.63, 3.8) is 0 Å². The van der Waals surface area contributed by atoms with Crippen LogP contribution in [0, 0.1) is 0 Å². The van der Waals surface area contributed by atoms with Crippen molar-refractivity contribution in [3.8, 4) is 0 Å². The average Bonchev–Trinajstić information content (AvgIpc) is 0. The van der Waals surface area contributed by atoms with E-state index in [1.165, 1.54) is 0 Å². The monoisotopic (exact) mass is 219 g/mol. The Morgan fingerprint density at radius 3 is 0.182 bits per heavy atom. The summed E-state index contributed by atoms with van der Waals surface area (Å²) in [5, 5.41) is 0. The van der Waals surface area contributed by atoms with Crippen molar-refractivity contribution in [2.24, 2.45) is 0 Å². The maximum Gasteiger partial charge on any atom is 1.00 e. The van der Waals surface area contributed by atoms with Gasteiger partial charge in [-0.1, -0.05) is 0 Å². The summed E-state index contributed by atoms with van der Waals surface area (Å²) in [6, 6.07) is 0. The summed E-state index contributed by atoms with van der Waals surface area (Å²) in [4.78, 5) is 0. The van der Waals surface area contributed by atoms with Gasteiger partial charge in [0.05, 0.1) is 0 Å². The van der Waals surface area contributed by atoms with Gasteiger partial charge in [-0.2, -0.15) is 0 Å². The van der Waals surface area contributed by atoms with E-state index in [2.05, 4.69) is 0 Å². The third kappa shape index (κ3) is 627. The average molecular weight is 219 g/mol. The van der Waals surface area contributed by atoms with E-state index in [0.29, 0.717) is 0 Å². The quantitative estimate of drug-likeness (QED) is 0.342. The van der Waals surface area contributed by atoms with Crippen molar-refractivity contribution in [2.45, 2.75) is 0 Å². The SMILES string of the molecule is O.O.O.O.O.O.O.O.O.O.[K+]. The van der Waals surface area contributed by atoms with E-state index in [0.717, 1.165) is 0 Å². The van der Waals surface area contributed by atoms with Crippen LogP contribution in [0.2, 0.25) is 0 Å². The zero-order valence-corrected chi connectivity index (χ0v) is 9.12. The molecule has 11 heteroatoms. The summed E-state index contributed by atoms with van der Waals surface area (Å²) in [5.41, 5.74) is 0. The Morgan fingerprint density at radius 1 is 0.182 bits per heavy atom. The first-order valence-electron chi connectivity index (χ1n) is 0. The molecule has 0 radical (unpaired) electrons. The third-order valence-electron chi connectivity index (χ3n) is 0. The summed E-state index contributed by atoms with van der Waals surface area (Å²) in [6.45, 7) is 0. The fourth-order valence-electron chi connectivity index (χ4n) is 0. The zero-order valence-electron chi connectivity index (χ0n) is 6.00. The summed E-state index contributed by atoms with van der Waals surface area (Å²) in [7, 11) is 0. The Morgan fingerprint density at radius 2 is 0.182 bits per heavy atom. The standard InChI is InChI=1S/K.10H2O/h;10*1H2/q+1;;;;;;;;;;. The molecule has 0 aromatic heterocycles.